The Bertz CT molecular complexity index is 552. The first-order valence-corrected chi connectivity index (χ1v) is 9.48. The average molecular weight is 332 g/mol. The molecule has 2 aliphatic rings. The third-order valence-electron chi connectivity index (χ3n) is 5.82. The summed E-state index contributed by atoms with van der Waals surface area (Å²) in [6, 6.07) is 5.42. The molecule has 0 spiro atoms. The highest BCUT2D eigenvalue weighted by Crippen LogP contribution is 2.31. The van der Waals surface area contributed by atoms with Crippen LogP contribution in [0.4, 0.5) is 0 Å². The molecule has 1 aromatic carbocycles. The van der Waals surface area contributed by atoms with Gasteiger partial charge in [-0.2, -0.15) is 0 Å². The summed E-state index contributed by atoms with van der Waals surface area (Å²) in [5.41, 5.74) is 4.36. The van der Waals surface area contributed by atoms with Gasteiger partial charge in [0.1, 0.15) is 5.75 Å². The zero-order chi connectivity index (χ0) is 17.1. The van der Waals surface area contributed by atoms with Crippen LogP contribution in [0.25, 0.3) is 0 Å². The first kappa shape index (κ1) is 17.7. The van der Waals surface area contributed by atoms with Crippen LogP contribution in [0, 0.1) is 0 Å². The van der Waals surface area contributed by atoms with Crippen molar-refractivity contribution in [1.29, 1.82) is 0 Å². The molecule has 4 nitrogen and oxygen atoms in total. The Balaban J connectivity index is 1.80. The molecule has 24 heavy (non-hydrogen) atoms. The first-order chi connectivity index (χ1) is 11.6. The largest absolute Gasteiger partial charge is 0.496 e. The molecule has 0 radical (unpaired) electrons. The van der Waals surface area contributed by atoms with Crippen LogP contribution in [0.2, 0.25) is 0 Å². The number of rotatable bonds is 5. The summed E-state index contributed by atoms with van der Waals surface area (Å²) in [4.78, 5) is 7.57. The van der Waals surface area contributed by atoms with Gasteiger partial charge in [-0.3, -0.25) is 9.80 Å². The lowest BCUT2D eigenvalue weighted by Gasteiger charge is -2.37. The van der Waals surface area contributed by atoms with Crippen molar-refractivity contribution in [2.45, 2.75) is 45.8 Å². The zero-order valence-corrected chi connectivity index (χ0v) is 15.8. The Morgan fingerprint density at radius 3 is 2.46 bits per heavy atom. The molecule has 0 amide bonds. The standard InChI is InChI=1S/C20H33N3O/c1-5-19-12-16-11-18(14-22-9-7-21(3)8-10-22)20(24-4)13-17(16)15-23(19)6-2/h11,13,19H,5-10,12,14-15H2,1-4H3. The number of ether oxygens (including phenoxy) is 1. The van der Waals surface area contributed by atoms with Crippen LogP contribution in [-0.4, -0.2) is 67.6 Å². The predicted molar refractivity (Wildman–Crippen MR) is 99.6 cm³/mol. The van der Waals surface area contributed by atoms with Gasteiger partial charge in [0.25, 0.3) is 0 Å². The van der Waals surface area contributed by atoms with E-state index in [1.54, 1.807) is 0 Å². The van der Waals surface area contributed by atoms with Crippen LogP contribution in [0.15, 0.2) is 12.1 Å². The van der Waals surface area contributed by atoms with Gasteiger partial charge in [0, 0.05) is 50.9 Å². The van der Waals surface area contributed by atoms with E-state index >= 15 is 0 Å². The van der Waals surface area contributed by atoms with E-state index in [4.69, 9.17) is 4.74 Å². The second kappa shape index (κ2) is 7.85. The number of piperazine rings is 1. The van der Waals surface area contributed by atoms with Gasteiger partial charge in [0.2, 0.25) is 0 Å². The smallest absolute Gasteiger partial charge is 0.123 e. The summed E-state index contributed by atoms with van der Waals surface area (Å²) < 4.78 is 5.74. The van der Waals surface area contributed by atoms with E-state index < -0.39 is 0 Å². The topological polar surface area (TPSA) is 19.0 Å². The van der Waals surface area contributed by atoms with Gasteiger partial charge in [0.05, 0.1) is 7.11 Å². The average Bonchev–Trinajstić information content (AvgIpc) is 2.61. The minimum atomic E-state index is 0.687. The molecule has 0 aromatic heterocycles. The third-order valence-corrected chi connectivity index (χ3v) is 5.82. The van der Waals surface area contributed by atoms with E-state index in [9.17, 15) is 0 Å². The molecule has 1 saturated heterocycles. The van der Waals surface area contributed by atoms with Gasteiger partial charge in [0.15, 0.2) is 0 Å². The Morgan fingerprint density at radius 1 is 1.08 bits per heavy atom. The fourth-order valence-corrected chi connectivity index (χ4v) is 4.12. The normalized spacial score (nSPS) is 23.2. The van der Waals surface area contributed by atoms with E-state index in [1.807, 2.05) is 7.11 Å². The lowest BCUT2D eigenvalue weighted by Crippen LogP contribution is -2.44. The van der Waals surface area contributed by atoms with Crippen molar-refractivity contribution in [3.63, 3.8) is 0 Å². The Kier molecular flexibility index (Phi) is 5.80. The van der Waals surface area contributed by atoms with Gasteiger partial charge < -0.3 is 9.64 Å². The Morgan fingerprint density at radius 2 is 1.83 bits per heavy atom. The molecule has 3 rings (SSSR count). The molecule has 0 aliphatic carbocycles. The summed E-state index contributed by atoms with van der Waals surface area (Å²) in [7, 11) is 4.02. The minimum absolute atomic E-state index is 0.687. The van der Waals surface area contributed by atoms with Crippen LogP contribution in [0.3, 0.4) is 0 Å². The summed E-state index contributed by atoms with van der Waals surface area (Å²) in [6.45, 7) is 12.4. The Hall–Kier alpha value is -1.10. The molecule has 2 heterocycles. The third kappa shape index (κ3) is 3.76. The van der Waals surface area contributed by atoms with Crippen molar-refractivity contribution in [3.8, 4) is 5.75 Å². The number of fused-ring (bicyclic) bond motifs is 1. The second-order valence-electron chi connectivity index (χ2n) is 7.34. The second-order valence-corrected chi connectivity index (χ2v) is 7.34. The number of likely N-dealkylation sites (N-methyl/N-ethyl adjacent to an activating group) is 2. The predicted octanol–water partition coefficient (Wildman–Crippen LogP) is 2.60. The lowest BCUT2D eigenvalue weighted by molar-refractivity contribution is 0.146. The highest BCUT2D eigenvalue weighted by Gasteiger charge is 2.25. The summed E-state index contributed by atoms with van der Waals surface area (Å²) >= 11 is 0. The molecule has 1 aromatic rings. The van der Waals surface area contributed by atoms with Crippen molar-refractivity contribution in [2.75, 3.05) is 46.9 Å². The zero-order valence-electron chi connectivity index (χ0n) is 15.8. The van der Waals surface area contributed by atoms with Crippen LogP contribution < -0.4 is 4.74 Å². The molecule has 0 N–H and O–H groups in total. The number of methoxy groups -OCH3 is 1. The molecule has 4 heteroatoms. The number of benzene rings is 1. The quantitative estimate of drug-likeness (QED) is 0.825. The SMILES string of the molecule is CCC1Cc2cc(CN3CCN(C)CC3)c(OC)cc2CN1CC. The molecule has 2 aliphatic heterocycles. The van der Waals surface area contributed by atoms with Gasteiger partial charge in [-0.15, -0.1) is 0 Å². The van der Waals surface area contributed by atoms with Crippen molar-refractivity contribution in [3.05, 3.63) is 28.8 Å². The molecule has 1 fully saturated rings. The van der Waals surface area contributed by atoms with Gasteiger partial charge in [-0.1, -0.05) is 19.9 Å². The maximum absolute atomic E-state index is 5.74. The number of hydrogen-bond acceptors (Lipinski definition) is 4. The van der Waals surface area contributed by atoms with Crippen LogP contribution >= 0.6 is 0 Å². The van der Waals surface area contributed by atoms with E-state index in [0.29, 0.717) is 6.04 Å². The highest BCUT2D eigenvalue weighted by molar-refractivity contribution is 5.44. The van der Waals surface area contributed by atoms with E-state index in [1.165, 1.54) is 29.5 Å². The molecule has 134 valence electrons. The molecule has 1 unspecified atom stereocenters. The fraction of sp³-hybridized carbons (Fsp3) is 0.700. The van der Waals surface area contributed by atoms with Crippen molar-refractivity contribution in [2.24, 2.45) is 0 Å². The highest BCUT2D eigenvalue weighted by atomic mass is 16.5. The van der Waals surface area contributed by atoms with E-state index in [0.717, 1.165) is 51.6 Å². The van der Waals surface area contributed by atoms with Crippen molar-refractivity contribution in [1.82, 2.24) is 14.7 Å². The monoisotopic (exact) mass is 331 g/mol. The number of nitrogens with zero attached hydrogens (tertiary/aromatic N) is 3. The van der Waals surface area contributed by atoms with E-state index in [-0.39, 0.29) is 0 Å². The van der Waals surface area contributed by atoms with Crippen LogP contribution in [0.5, 0.6) is 5.75 Å². The molecular formula is C20H33N3O. The molecule has 0 saturated carbocycles. The summed E-state index contributed by atoms with van der Waals surface area (Å²) in [6.07, 6.45) is 2.41. The Labute approximate surface area is 147 Å². The van der Waals surface area contributed by atoms with Crippen molar-refractivity contribution >= 4 is 0 Å². The van der Waals surface area contributed by atoms with Gasteiger partial charge in [-0.05, 0) is 43.6 Å². The van der Waals surface area contributed by atoms with Crippen LogP contribution in [0.1, 0.15) is 37.0 Å². The summed E-state index contributed by atoms with van der Waals surface area (Å²) in [5, 5.41) is 0. The lowest BCUT2D eigenvalue weighted by atomic mass is 9.90. The van der Waals surface area contributed by atoms with Gasteiger partial charge in [-0.25, -0.2) is 0 Å². The minimum Gasteiger partial charge on any atom is -0.496 e. The fourth-order valence-electron chi connectivity index (χ4n) is 4.12. The van der Waals surface area contributed by atoms with Gasteiger partial charge >= 0.3 is 0 Å². The van der Waals surface area contributed by atoms with Crippen LogP contribution in [-0.2, 0) is 19.5 Å². The maximum atomic E-state index is 5.74. The molecular weight excluding hydrogens is 298 g/mol. The first-order valence-electron chi connectivity index (χ1n) is 9.48. The van der Waals surface area contributed by atoms with E-state index in [2.05, 4.69) is 47.7 Å². The molecule has 1 atom stereocenters. The maximum Gasteiger partial charge on any atom is 0.123 e. The summed E-state index contributed by atoms with van der Waals surface area (Å²) in [5.74, 6) is 1.07. The number of hydrogen-bond donors (Lipinski definition) is 0. The van der Waals surface area contributed by atoms with Crippen molar-refractivity contribution < 1.29 is 4.74 Å². The molecule has 0 bridgehead atoms.